The molecule has 1 fully saturated rings. The zero-order chi connectivity index (χ0) is 15.1. The quantitative estimate of drug-likeness (QED) is 0.798. The van der Waals surface area contributed by atoms with Gasteiger partial charge in [0.1, 0.15) is 18.8 Å². The van der Waals surface area contributed by atoms with E-state index in [1.807, 2.05) is 0 Å². The molecular formula is C16H28N4O. The third-order valence-electron chi connectivity index (χ3n) is 3.81. The lowest BCUT2D eigenvalue weighted by atomic mass is 10.1. The van der Waals surface area contributed by atoms with Crippen LogP contribution < -0.4 is 10.1 Å². The second-order valence-corrected chi connectivity index (χ2v) is 5.92. The second-order valence-electron chi connectivity index (χ2n) is 5.92. The van der Waals surface area contributed by atoms with Gasteiger partial charge in [0.25, 0.3) is 0 Å². The maximum atomic E-state index is 5.95. The first-order valence-corrected chi connectivity index (χ1v) is 8.16. The fourth-order valence-electron chi connectivity index (χ4n) is 2.68. The Bertz CT molecular complexity index is 430. The number of hydrogen-bond acceptors (Lipinski definition) is 5. The van der Waals surface area contributed by atoms with Crippen molar-refractivity contribution in [2.24, 2.45) is 0 Å². The van der Waals surface area contributed by atoms with Crippen LogP contribution in [0.4, 0.5) is 5.82 Å². The van der Waals surface area contributed by atoms with E-state index in [4.69, 9.17) is 4.74 Å². The molecule has 1 saturated heterocycles. The zero-order valence-electron chi connectivity index (χ0n) is 13.6. The molecule has 0 radical (unpaired) electrons. The van der Waals surface area contributed by atoms with E-state index in [1.165, 1.54) is 25.9 Å². The lowest BCUT2D eigenvalue weighted by molar-refractivity contribution is 0.229. The molecule has 1 aromatic heterocycles. The monoisotopic (exact) mass is 292 g/mol. The Labute approximate surface area is 128 Å². The maximum Gasteiger partial charge on any atom is 0.222 e. The summed E-state index contributed by atoms with van der Waals surface area (Å²) in [6.07, 6.45) is 5.30. The topological polar surface area (TPSA) is 50.3 Å². The number of anilines is 1. The van der Waals surface area contributed by atoms with Gasteiger partial charge in [0, 0.05) is 13.1 Å². The minimum atomic E-state index is 0.340. The normalized spacial score (nSPS) is 15.6. The molecule has 0 aliphatic carbocycles. The fraction of sp³-hybridized carbons (Fsp3) is 0.750. The third kappa shape index (κ3) is 4.56. The van der Waals surface area contributed by atoms with Crippen molar-refractivity contribution in [2.45, 2.75) is 46.0 Å². The Morgan fingerprint density at radius 3 is 2.71 bits per heavy atom. The third-order valence-corrected chi connectivity index (χ3v) is 3.81. The summed E-state index contributed by atoms with van der Waals surface area (Å²) in [6, 6.07) is 0. The Morgan fingerprint density at radius 1 is 1.29 bits per heavy atom. The molecule has 2 rings (SSSR count). The van der Waals surface area contributed by atoms with E-state index in [-0.39, 0.29) is 0 Å². The summed E-state index contributed by atoms with van der Waals surface area (Å²) in [6.45, 7) is 11.5. The molecule has 5 nitrogen and oxygen atoms in total. The zero-order valence-corrected chi connectivity index (χ0v) is 13.6. The van der Waals surface area contributed by atoms with Gasteiger partial charge >= 0.3 is 0 Å². The molecule has 0 bridgehead atoms. The number of aromatic nitrogens is 2. The van der Waals surface area contributed by atoms with Crippen LogP contribution in [0.1, 0.15) is 51.5 Å². The van der Waals surface area contributed by atoms with Gasteiger partial charge in [0.15, 0.2) is 0 Å². The van der Waals surface area contributed by atoms with Crippen molar-refractivity contribution >= 4 is 5.82 Å². The predicted octanol–water partition coefficient (Wildman–Crippen LogP) is 2.90. The number of rotatable bonds is 8. The Morgan fingerprint density at radius 2 is 2.05 bits per heavy atom. The van der Waals surface area contributed by atoms with Gasteiger partial charge in [0.05, 0.1) is 5.56 Å². The van der Waals surface area contributed by atoms with Crippen LogP contribution in [0, 0.1) is 0 Å². The molecule has 1 N–H and O–H groups in total. The van der Waals surface area contributed by atoms with Gasteiger partial charge in [-0.3, -0.25) is 4.90 Å². The van der Waals surface area contributed by atoms with Crippen molar-refractivity contribution in [3.8, 4) is 5.88 Å². The first-order valence-electron chi connectivity index (χ1n) is 8.16. The lowest BCUT2D eigenvalue weighted by Crippen LogP contribution is -2.25. The molecule has 1 aliphatic heterocycles. The number of nitrogens with zero attached hydrogens (tertiary/aromatic N) is 3. The van der Waals surface area contributed by atoms with Crippen molar-refractivity contribution < 1.29 is 4.74 Å². The Kier molecular flexibility index (Phi) is 6.23. The molecule has 118 valence electrons. The highest BCUT2D eigenvalue weighted by atomic mass is 16.5. The van der Waals surface area contributed by atoms with Gasteiger partial charge in [-0.2, -0.15) is 0 Å². The molecular weight excluding hydrogens is 264 g/mol. The standard InChI is InChI=1S/C16H28N4O/c1-4-7-17-15-14(13(2)3)16(19-12-18-15)21-11-10-20-8-5-6-9-20/h12-13H,4-11H2,1-3H3,(H,17,18,19). The molecule has 21 heavy (non-hydrogen) atoms. The Balaban J connectivity index is 1.99. The van der Waals surface area contributed by atoms with Crippen LogP contribution in [0.3, 0.4) is 0 Å². The van der Waals surface area contributed by atoms with Gasteiger partial charge in [-0.05, 0) is 38.3 Å². The highest BCUT2D eigenvalue weighted by Gasteiger charge is 2.17. The summed E-state index contributed by atoms with van der Waals surface area (Å²) in [5.74, 6) is 1.99. The SMILES string of the molecule is CCCNc1ncnc(OCCN2CCCC2)c1C(C)C. The smallest absolute Gasteiger partial charge is 0.222 e. The summed E-state index contributed by atoms with van der Waals surface area (Å²) in [4.78, 5) is 11.2. The van der Waals surface area contributed by atoms with Gasteiger partial charge in [-0.1, -0.05) is 20.8 Å². The summed E-state index contributed by atoms with van der Waals surface area (Å²) in [7, 11) is 0. The number of hydrogen-bond donors (Lipinski definition) is 1. The van der Waals surface area contributed by atoms with Crippen molar-refractivity contribution in [1.82, 2.24) is 14.9 Å². The average molecular weight is 292 g/mol. The van der Waals surface area contributed by atoms with E-state index in [0.29, 0.717) is 12.5 Å². The second kappa shape index (κ2) is 8.17. The van der Waals surface area contributed by atoms with Crippen LogP contribution in [0.2, 0.25) is 0 Å². The molecule has 5 heteroatoms. The van der Waals surface area contributed by atoms with Crippen LogP contribution >= 0.6 is 0 Å². The van der Waals surface area contributed by atoms with Gasteiger partial charge < -0.3 is 10.1 Å². The summed E-state index contributed by atoms with van der Waals surface area (Å²) < 4.78 is 5.95. The summed E-state index contributed by atoms with van der Waals surface area (Å²) >= 11 is 0. The highest BCUT2D eigenvalue weighted by Crippen LogP contribution is 2.29. The minimum absolute atomic E-state index is 0.340. The van der Waals surface area contributed by atoms with Crippen LogP contribution in [0.5, 0.6) is 5.88 Å². The molecule has 0 aromatic carbocycles. The van der Waals surface area contributed by atoms with E-state index in [0.717, 1.165) is 36.8 Å². The largest absolute Gasteiger partial charge is 0.476 e. The van der Waals surface area contributed by atoms with Crippen LogP contribution in [-0.2, 0) is 0 Å². The van der Waals surface area contributed by atoms with Crippen LogP contribution in [-0.4, -0.2) is 47.7 Å². The van der Waals surface area contributed by atoms with Crippen LogP contribution in [0.25, 0.3) is 0 Å². The minimum Gasteiger partial charge on any atom is -0.476 e. The number of nitrogens with one attached hydrogen (secondary N) is 1. The predicted molar refractivity (Wildman–Crippen MR) is 86.1 cm³/mol. The van der Waals surface area contributed by atoms with Crippen molar-refractivity contribution in [3.63, 3.8) is 0 Å². The Hall–Kier alpha value is -1.36. The first-order chi connectivity index (χ1) is 10.2. The van der Waals surface area contributed by atoms with E-state index in [9.17, 15) is 0 Å². The lowest BCUT2D eigenvalue weighted by Gasteiger charge is -2.19. The van der Waals surface area contributed by atoms with Gasteiger partial charge in [-0.15, -0.1) is 0 Å². The van der Waals surface area contributed by atoms with E-state index in [2.05, 4.69) is 41.0 Å². The molecule has 0 saturated carbocycles. The highest BCUT2D eigenvalue weighted by molar-refractivity contribution is 5.50. The number of likely N-dealkylation sites (tertiary alicyclic amines) is 1. The van der Waals surface area contributed by atoms with Crippen molar-refractivity contribution in [2.75, 3.05) is 38.1 Å². The fourth-order valence-corrected chi connectivity index (χ4v) is 2.68. The maximum absolute atomic E-state index is 5.95. The molecule has 0 spiro atoms. The first kappa shape index (κ1) is 16.0. The van der Waals surface area contributed by atoms with E-state index < -0.39 is 0 Å². The van der Waals surface area contributed by atoms with Crippen LogP contribution in [0.15, 0.2) is 6.33 Å². The average Bonchev–Trinajstić information content (AvgIpc) is 2.98. The molecule has 0 unspecified atom stereocenters. The summed E-state index contributed by atoms with van der Waals surface area (Å²) in [5, 5.41) is 3.37. The van der Waals surface area contributed by atoms with E-state index >= 15 is 0 Å². The number of ether oxygens (including phenoxy) is 1. The molecule has 1 aliphatic rings. The molecule has 0 atom stereocenters. The summed E-state index contributed by atoms with van der Waals surface area (Å²) in [5.41, 5.74) is 1.09. The van der Waals surface area contributed by atoms with Crippen molar-refractivity contribution in [3.05, 3.63) is 11.9 Å². The molecule has 0 amide bonds. The van der Waals surface area contributed by atoms with Gasteiger partial charge in [0.2, 0.25) is 5.88 Å². The van der Waals surface area contributed by atoms with Crippen molar-refractivity contribution in [1.29, 1.82) is 0 Å². The molecule has 1 aromatic rings. The molecule has 2 heterocycles. The van der Waals surface area contributed by atoms with E-state index in [1.54, 1.807) is 6.33 Å². The van der Waals surface area contributed by atoms with Gasteiger partial charge in [-0.25, -0.2) is 9.97 Å².